The molecule has 0 bridgehead atoms. The van der Waals surface area contributed by atoms with Crippen LogP contribution < -0.4 is 4.90 Å². The number of hydrogen-bond acceptors (Lipinski definition) is 2. The fourth-order valence-electron chi connectivity index (χ4n) is 1.72. The first-order chi connectivity index (χ1) is 7.61. The van der Waals surface area contributed by atoms with Crippen molar-refractivity contribution >= 4 is 27.7 Å². The first-order valence-electron chi connectivity index (χ1n) is 5.01. The van der Waals surface area contributed by atoms with Crippen LogP contribution in [0.25, 0.3) is 0 Å². The lowest BCUT2D eigenvalue weighted by Gasteiger charge is -2.15. The van der Waals surface area contributed by atoms with Crippen LogP contribution in [0.2, 0.25) is 0 Å². The van der Waals surface area contributed by atoms with Crippen molar-refractivity contribution in [2.24, 2.45) is 5.92 Å². The van der Waals surface area contributed by atoms with Crippen LogP contribution in [0.15, 0.2) is 16.6 Å². The van der Waals surface area contributed by atoms with Gasteiger partial charge in [-0.05, 0) is 35.0 Å². The topological polar surface area (TPSA) is 33.2 Å². The summed E-state index contributed by atoms with van der Waals surface area (Å²) in [6.07, 6.45) is 5.76. The predicted octanol–water partition coefficient (Wildman–Crippen LogP) is 2.14. The fraction of sp³-hybridized carbons (Fsp3) is 0.333. The number of halogens is 1. The molecule has 4 heteroatoms. The number of terminal acetylenes is 1. The van der Waals surface area contributed by atoms with Gasteiger partial charge in [0, 0.05) is 23.4 Å². The van der Waals surface area contributed by atoms with Crippen LogP contribution in [0.5, 0.6) is 0 Å². The molecule has 0 spiro atoms. The van der Waals surface area contributed by atoms with Gasteiger partial charge in [0.1, 0.15) is 5.82 Å². The van der Waals surface area contributed by atoms with E-state index in [0.29, 0.717) is 18.8 Å². The highest BCUT2D eigenvalue weighted by Crippen LogP contribution is 2.25. The number of carbonyl (C=O) groups is 1. The second-order valence-electron chi connectivity index (χ2n) is 3.81. The van der Waals surface area contributed by atoms with Crippen LogP contribution in [0.1, 0.15) is 12.1 Å². The van der Waals surface area contributed by atoms with Gasteiger partial charge in [0.15, 0.2) is 0 Å². The molecule has 1 saturated heterocycles. The molecule has 1 aliphatic heterocycles. The molecule has 1 atom stereocenters. The summed E-state index contributed by atoms with van der Waals surface area (Å²) in [5, 5.41) is 0. The lowest BCUT2D eigenvalue weighted by atomic mass is 10.1. The molecule has 1 aromatic heterocycles. The van der Waals surface area contributed by atoms with Crippen molar-refractivity contribution in [3.05, 3.63) is 22.3 Å². The highest BCUT2D eigenvalue weighted by Gasteiger charge is 2.30. The van der Waals surface area contributed by atoms with Crippen LogP contribution in [0.4, 0.5) is 5.82 Å². The van der Waals surface area contributed by atoms with Crippen molar-refractivity contribution in [3.8, 4) is 12.3 Å². The van der Waals surface area contributed by atoms with Gasteiger partial charge >= 0.3 is 0 Å². The summed E-state index contributed by atoms with van der Waals surface area (Å²) in [4.78, 5) is 17.7. The number of aryl methyl sites for hydroxylation is 1. The Morgan fingerprint density at radius 3 is 2.94 bits per heavy atom. The summed E-state index contributed by atoms with van der Waals surface area (Å²) >= 11 is 3.38. The van der Waals surface area contributed by atoms with Gasteiger partial charge in [-0.25, -0.2) is 4.98 Å². The Kier molecular flexibility index (Phi) is 2.97. The number of rotatable bonds is 1. The Bertz CT molecular complexity index is 478. The predicted molar refractivity (Wildman–Crippen MR) is 66.0 cm³/mol. The lowest BCUT2D eigenvalue weighted by molar-refractivity contribution is -0.117. The van der Waals surface area contributed by atoms with E-state index >= 15 is 0 Å². The summed E-state index contributed by atoms with van der Waals surface area (Å²) in [7, 11) is 0. The van der Waals surface area contributed by atoms with Gasteiger partial charge in [-0.2, -0.15) is 0 Å². The van der Waals surface area contributed by atoms with E-state index in [9.17, 15) is 4.79 Å². The third kappa shape index (κ3) is 1.96. The van der Waals surface area contributed by atoms with E-state index < -0.39 is 0 Å². The summed E-state index contributed by atoms with van der Waals surface area (Å²) in [6.45, 7) is 2.47. The van der Waals surface area contributed by atoms with Crippen molar-refractivity contribution < 1.29 is 4.79 Å². The van der Waals surface area contributed by atoms with Crippen LogP contribution in [-0.4, -0.2) is 17.4 Å². The van der Waals surface area contributed by atoms with Crippen LogP contribution in [0, 0.1) is 25.2 Å². The number of anilines is 1. The van der Waals surface area contributed by atoms with E-state index in [0.717, 1.165) is 10.2 Å². The Morgan fingerprint density at radius 1 is 1.62 bits per heavy atom. The van der Waals surface area contributed by atoms with Gasteiger partial charge < -0.3 is 0 Å². The van der Waals surface area contributed by atoms with Crippen molar-refractivity contribution in [3.63, 3.8) is 0 Å². The smallest absolute Gasteiger partial charge is 0.229 e. The van der Waals surface area contributed by atoms with E-state index in [2.05, 4.69) is 26.8 Å². The molecule has 1 fully saturated rings. The number of aromatic nitrogens is 1. The monoisotopic (exact) mass is 278 g/mol. The van der Waals surface area contributed by atoms with Crippen LogP contribution >= 0.6 is 15.9 Å². The highest BCUT2D eigenvalue weighted by molar-refractivity contribution is 9.10. The number of hydrogen-bond donors (Lipinski definition) is 0. The highest BCUT2D eigenvalue weighted by atomic mass is 79.9. The molecule has 1 amide bonds. The van der Waals surface area contributed by atoms with E-state index in [1.165, 1.54) is 0 Å². The van der Waals surface area contributed by atoms with Gasteiger partial charge in [0.25, 0.3) is 0 Å². The average Bonchev–Trinajstić information content (AvgIpc) is 2.64. The summed E-state index contributed by atoms with van der Waals surface area (Å²) < 4.78 is 0.941. The molecular formula is C12H11BrN2O. The van der Waals surface area contributed by atoms with Crippen LogP contribution in [-0.2, 0) is 4.79 Å². The number of nitrogens with zero attached hydrogens (tertiary/aromatic N) is 2. The standard InChI is InChI=1S/C12H11BrN2O/c1-3-9-6-12(16)15(7-9)11-5-4-10(13)8(2)14-11/h1,4-5,9H,6-7H2,2H3. The van der Waals surface area contributed by atoms with E-state index in [4.69, 9.17) is 6.42 Å². The van der Waals surface area contributed by atoms with Crippen LogP contribution in [0.3, 0.4) is 0 Å². The molecule has 1 aromatic rings. The van der Waals surface area contributed by atoms with Gasteiger partial charge in [0.05, 0.1) is 5.69 Å². The minimum Gasteiger partial charge on any atom is -0.296 e. The first kappa shape index (κ1) is 11.2. The molecule has 2 rings (SSSR count). The summed E-state index contributed by atoms with van der Waals surface area (Å²) in [5.41, 5.74) is 0.870. The number of amides is 1. The Morgan fingerprint density at radius 2 is 2.38 bits per heavy atom. The third-order valence-electron chi connectivity index (χ3n) is 2.64. The molecule has 82 valence electrons. The summed E-state index contributed by atoms with van der Waals surface area (Å²) in [5.74, 6) is 3.37. The fourth-order valence-corrected chi connectivity index (χ4v) is 1.94. The van der Waals surface area contributed by atoms with E-state index in [1.807, 2.05) is 19.1 Å². The van der Waals surface area contributed by atoms with Gasteiger partial charge in [-0.15, -0.1) is 12.3 Å². The third-order valence-corrected chi connectivity index (χ3v) is 3.48. The minimum absolute atomic E-state index is 0.0123. The van der Waals surface area contributed by atoms with Gasteiger partial charge in [-0.1, -0.05) is 0 Å². The Balaban J connectivity index is 2.29. The minimum atomic E-state index is 0.0123. The van der Waals surface area contributed by atoms with Crippen molar-refractivity contribution in [1.29, 1.82) is 0 Å². The molecule has 0 radical (unpaired) electrons. The SMILES string of the molecule is C#CC1CC(=O)N(c2ccc(Br)c(C)n2)C1. The molecule has 0 aromatic carbocycles. The maximum absolute atomic E-state index is 11.7. The molecule has 1 unspecified atom stereocenters. The van der Waals surface area contributed by atoms with E-state index in [-0.39, 0.29) is 11.8 Å². The maximum atomic E-state index is 11.7. The maximum Gasteiger partial charge on any atom is 0.229 e. The molecule has 1 aliphatic rings. The molecule has 16 heavy (non-hydrogen) atoms. The molecule has 3 nitrogen and oxygen atoms in total. The van der Waals surface area contributed by atoms with Crippen molar-refractivity contribution in [2.45, 2.75) is 13.3 Å². The van der Waals surface area contributed by atoms with Gasteiger partial charge in [0.2, 0.25) is 5.91 Å². The van der Waals surface area contributed by atoms with Crippen molar-refractivity contribution in [2.75, 3.05) is 11.4 Å². The molecule has 0 saturated carbocycles. The lowest BCUT2D eigenvalue weighted by Crippen LogP contribution is -2.25. The molecule has 0 aliphatic carbocycles. The summed E-state index contributed by atoms with van der Waals surface area (Å²) in [6, 6.07) is 3.72. The average molecular weight is 279 g/mol. The Hall–Kier alpha value is -1.34. The second kappa shape index (κ2) is 4.26. The zero-order valence-electron chi connectivity index (χ0n) is 8.90. The largest absolute Gasteiger partial charge is 0.296 e. The van der Waals surface area contributed by atoms with Gasteiger partial charge in [-0.3, -0.25) is 9.69 Å². The number of carbonyl (C=O) groups excluding carboxylic acids is 1. The first-order valence-corrected chi connectivity index (χ1v) is 5.80. The molecule has 2 heterocycles. The normalized spacial score (nSPS) is 19.9. The van der Waals surface area contributed by atoms with Crippen molar-refractivity contribution in [1.82, 2.24) is 4.98 Å². The molecular weight excluding hydrogens is 268 g/mol. The van der Waals surface area contributed by atoms with E-state index in [1.54, 1.807) is 4.90 Å². The zero-order valence-corrected chi connectivity index (χ0v) is 10.5. The Labute approximate surface area is 103 Å². The zero-order chi connectivity index (χ0) is 11.7. The molecule has 0 N–H and O–H groups in total. The number of pyridine rings is 1. The second-order valence-corrected chi connectivity index (χ2v) is 4.66. The quantitative estimate of drug-likeness (QED) is 0.738.